The number of phenolic OH excluding ortho intramolecular Hbond substituents is 1. The molecule has 0 bridgehead atoms. The van der Waals surface area contributed by atoms with E-state index in [9.17, 15) is 4.39 Å². The normalized spacial score (nSPS) is 15.8. The van der Waals surface area contributed by atoms with Crippen molar-refractivity contribution in [3.8, 4) is 5.75 Å². The fraction of sp³-hybridized carbons (Fsp3) is 0.400. The Morgan fingerprint density at radius 1 is 1.46 bits per heavy atom. The molecule has 0 atom stereocenters. The highest BCUT2D eigenvalue weighted by Crippen LogP contribution is 2.29. The molecule has 1 aromatic rings. The average Bonchev–Trinajstić information content (AvgIpc) is 2.91. The highest BCUT2D eigenvalue weighted by Gasteiger charge is 2.20. The first-order valence-corrected chi connectivity index (χ1v) is 4.48. The van der Waals surface area contributed by atoms with E-state index in [1.807, 2.05) is 0 Å². The molecule has 0 saturated heterocycles. The molecule has 2 nitrogen and oxygen atoms in total. The molecule has 70 valence electrons. The van der Waals surface area contributed by atoms with Gasteiger partial charge in [-0.1, -0.05) is 0 Å². The van der Waals surface area contributed by atoms with Crippen molar-refractivity contribution < 1.29 is 9.50 Å². The van der Waals surface area contributed by atoms with E-state index in [0.29, 0.717) is 0 Å². The van der Waals surface area contributed by atoms with Gasteiger partial charge < -0.3 is 10.4 Å². The quantitative estimate of drug-likeness (QED) is 0.701. The molecule has 2 rings (SSSR count). The molecule has 1 fully saturated rings. The number of hydrogen-bond donors (Lipinski definition) is 2. The molecule has 1 aliphatic rings. The van der Waals surface area contributed by atoms with Crippen LogP contribution >= 0.6 is 0 Å². The zero-order valence-electron chi connectivity index (χ0n) is 7.26. The van der Waals surface area contributed by atoms with Gasteiger partial charge >= 0.3 is 0 Å². The average molecular weight is 181 g/mol. The highest BCUT2D eigenvalue weighted by molar-refractivity contribution is 5.46. The van der Waals surface area contributed by atoms with Crippen LogP contribution in [0.4, 0.5) is 10.1 Å². The summed E-state index contributed by atoms with van der Waals surface area (Å²) in [5, 5.41) is 12.1. The minimum atomic E-state index is -0.569. The van der Waals surface area contributed by atoms with Crippen LogP contribution in [0.1, 0.15) is 12.8 Å². The summed E-state index contributed by atoms with van der Waals surface area (Å²) in [5.74, 6) is -0.102. The number of nitrogens with one attached hydrogen (secondary N) is 1. The largest absolute Gasteiger partial charge is 0.505 e. The van der Waals surface area contributed by atoms with Crippen molar-refractivity contribution in [2.45, 2.75) is 12.8 Å². The van der Waals surface area contributed by atoms with Gasteiger partial charge in [-0.05, 0) is 30.9 Å². The predicted molar refractivity (Wildman–Crippen MR) is 49.3 cm³/mol. The first-order chi connectivity index (χ1) is 6.25. The number of hydrogen-bond acceptors (Lipinski definition) is 2. The number of benzene rings is 1. The minimum absolute atomic E-state index is 0.294. The van der Waals surface area contributed by atoms with E-state index in [4.69, 9.17) is 5.11 Å². The molecular formula is C10H12FNO. The standard InChI is InChI=1S/C10H12FNO/c11-9-5-8(3-4-10(9)13)12-6-7-1-2-7/h3-5,7,12-13H,1-2,6H2. The Balaban J connectivity index is 1.98. The summed E-state index contributed by atoms with van der Waals surface area (Å²) < 4.78 is 12.8. The van der Waals surface area contributed by atoms with E-state index in [-0.39, 0.29) is 5.75 Å². The molecule has 0 spiro atoms. The maximum atomic E-state index is 12.8. The second-order valence-electron chi connectivity index (χ2n) is 3.49. The van der Waals surface area contributed by atoms with Crippen LogP contribution in [0.15, 0.2) is 18.2 Å². The molecule has 0 amide bonds. The number of phenols is 1. The number of halogens is 1. The predicted octanol–water partition coefficient (Wildman–Crippen LogP) is 2.35. The maximum Gasteiger partial charge on any atom is 0.166 e. The van der Waals surface area contributed by atoms with Gasteiger partial charge in [0, 0.05) is 18.3 Å². The minimum Gasteiger partial charge on any atom is -0.505 e. The molecule has 0 heterocycles. The van der Waals surface area contributed by atoms with E-state index < -0.39 is 5.82 Å². The lowest BCUT2D eigenvalue weighted by molar-refractivity contribution is 0.432. The molecule has 0 unspecified atom stereocenters. The summed E-state index contributed by atoms with van der Waals surface area (Å²) in [6, 6.07) is 4.36. The van der Waals surface area contributed by atoms with E-state index in [0.717, 1.165) is 18.2 Å². The van der Waals surface area contributed by atoms with Crippen LogP contribution in [0.25, 0.3) is 0 Å². The van der Waals surface area contributed by atoms with E-state index in [2.05, 4.69) is 5.32 Å². The second-order valence-corrected chi connectivity index (χ2v) is 3.49. The van der Waals surface area contributed by atoms with Gasteiger partial charge in [0.15, 0.2) is 11.6 Å². The SMILES string of the molecule is Oc1ccc(NCC2CC2)cc1F. The van der Waals surface area contributed by atoms with Crippen LogP contribution in [-0.2, 0) is 0 Å². The molecule has 13 heavy (non-hydrogen) atoms. The zero-order valence-corrected chi connectivity index (χ0v) is 7.26. The van der Waals surface area contributed by atoms with Gasteiger partial charge in [-0.25, -0.2) is 4.39 Å². The summed E-state index contributed by atoms with van der Waals surface area (Å²) in [7, 11) is 0. The molecule has 0 aliphatic heterocycles. The Hall–Kier alpha value is -1.25. The van der Waals surface area contributed by atoms with E-state index in [1.165, 1.54) is 25.0 Å². The van der Waals surface area contributed by atoms with E-state index in [1.54, 1.807) is 6.07 Å². The van der Waals surface area contributed by atoms with Crippen molar-refractivity contribution in [2.24, 2.45) is 5.92 Å². The van der Waals surface area contributed by atoms with Gasteiger partial charge in [0.05, 0.1) is 0 Å². The van der Waals surface area contributed by atoms with E-state index >= 15 is 0 Å². The van der Waals surface area contributed by atoms with Crippen LogP contribution in [0.3, 0.4) is 0 Å². The lowest BCUT2D eigenvalue weighted by Crippen LogP contribution is -2.02. The third-order valence-electron chi connectivity index (χ3n) is 2.24. The Kier molecular flexibility index (Phi) is 2.08. The van der Waals surface area contributed by atoms with Gasteiger partial charge in [0.1, 0.15) is 0 Å². The highest BCUT2D eigenvalue weighted by atomic mass is 19.1. The zero-order chi connectivity index (χ0) is 9.26. The van der Waals surface area contributed by atoms with Gasteiger partial charge in [-0.3, -0.25) is 0 Å². The Morgan fingerprint density at radius 3 is 2.85 bits per heavy atom. The molecule has 1 aliphatic carbocycles. The summed E-state index contributed by atoms with van der Waals surface area (Å²) in [5.41, 5.74) is 0.738. The summed E-state index contributed by atoms with van der Waals surface area (Å²) in [6.45, 7) is 0.907. The third kappa shape index (κ3) is 2.11. The molecule has 1 aromatic carbocycles. The number of aromatic hydroxyl groups is 1. The van der Waals surface area contributed by atoms with Crippen molar-refractivity contribution >= 4 is 5.69 Å². The van der Waals surface area contributed by atoms with Crippen LogP contribution in [0.5, 0.6) is 5.75 Å². The van der Waals surface area contributed by atoms with Gasteiger partial charge in [0.2, 0.25) is 0 Å². The molecule has 2 N–H and O–H groups in total. The molecule has 0 radical (unpaired) electrons. The number of rotatable bonds is 3. The lowest BCUT2D eigenvalue weighted by Gasteiger charge is -2.05. The van der Waals surface area contributed by atoms with Gasteiger partial charge in [-0.15, -0.1) is 0 Å². The first-order valence-electron chi connectivity index (χ1n) is 4.48. The van der Waals surface area contributed by atoms with Crippen LogP contribution in [0, 0.1) is 11.7 Å². The van der Waals surface area contributed by atoms with Gasteiger partial charge in [0.25, 0.3) is 0 Å². The lowest BCUT2D eigenvalue weighted by atomic mass is 10.3. The van der Waals surface area contributed by atoms with Crippen LogP contribution in [0.2, 0.25) is 0 Å². The second kappa shape index (κ2) is 3.24. The summed E-state index contributed by atoms with van der Waals surface area (Å²) >= 11 is 0. The van der Waals surface area contributed by atoms with Gasteiger partial charge in [-0.2, -0.15) is 0 Å². The van der Waals surface area contributed by atoms with Crippen molar-refractivity contribution in [1.29, 1.82) is 0 Å². The molecular weight excluding hydrogens is 169 g/mol. The first kappa shape index (κ1) is 8.35. The van der Waals surface area contributed by atoms with Crippen LogP contribution < -0.4 is 5.32 Å². The monoisotopic (exact) mass is 181 g/mol. The van der Waals surface area contributed by atoms with Crippen molar-refractivity contribution in [2.75, 3.05) is 11.9 Å². The fourth-order valence-corrected chi connectivity index (χ4v) is 1.20. The maximum absolute atomic E-state index is 12.8. The third-order valence-corrected chi connectivity index (χ3v) is 2.24. The molecule has 0 aromatic heterocycles. The topological polar surface area (TPSA) is 32.3 Å². The summed E-state index contributed by atoms with van der Waals surface area (Å²) in [6.07, 6.45) is 2.54. The van der Waals surface area contributed by atoms with Crippen molar-refractivity contribution in [3.05, 3.63) is 24.0 Å². The number of anilines is 1. The van der Waals surface area contributed by atoms with Crippen molar-refractivity contribution in [1.82, 2.24) is 0 Å². The molecule has 1 saturated carbocycles. The Morgan fingerprint density at radius 2 is 2.23 bits per heavy atom. The molecule has 3 heteroatoms. The Bertz CT molecular complexity index is 310. The Labute approximate surface area is 76.4 Å². The summed E-state index contributed by atoms with van der Waals surface area (Å²) in [4.78, 5) is 0. The van der Waals surface area contributed by atoms with Crippen molar-refractivity contribution in [3.63, 3.8) is 0 Å². The fourth-order valence-electron chi connectivity index (χ4n) is 1.20. The smallest absolute Gasteiger partial charge is 0.166 e. The van der Waals surface area contributed by atoms with Crippen LogP contribution in [-0.4, -0.2) is 11.7 Å².